The molecule has 17 heavy (non-hydrogen) atoms. The molecule has 2 rings (SSSR count). The Balaban J connectivity index is 2.01. The third-order valence-electron chi connectivity index (χ3n) is 3.72. The molecule has 0 saturated heterocycles. The van der Waals surface area contributed by atoms with E-state index >= 15 is 0 Å². The van der Waals surface area contributed by atoms with Crippen LogP contribution in [0.4, 0.5) is 0 Å². The molecule has 4 heteroatoms. The average Bonchev–Trinajstić information content (AvgIpc) is 2.99. The molecule has 1 aliphatic carbocycles. The van der Waals surface area contributed by atoms with Crippen molar-refractivity contribution in [2.75, 3.05) is 13.2 Å². The first-order valence-corrected chi connectivity index (χ1v) is 6.70. The average molecular weight is 237 g/mol. The van der Waals surface area contributed by atoms with Crippen LogP contribution in [0.2, 0.25) is 0 Å². The Bertz CT molecular complexity index is 331. The van der Waals surface area contributed by atoms with Crippen LogP contribution in [0.3, 0.4) is 0 Å². The summed E-state index contributed by atoms with van der Waals surface area (Å²) < 4.78 is 2.18. The minimum absolute atomic E-state index is 0.239. The summed E-state index contributed by atoms with van der Waals surface area (Å²) in [6.45, 7) is 4.97. The molecular weight excluding hydrogens is 214 g/mol. The zero-order chi connectivity index (χ0) is 12.1. The highest BCUT2D eigenvalue weighted by Gasteiger charge is 2.23. The Morgan fingerprint density at radius 1 is 1.47 bits per heavy atom. The van der Waals surface area contributed by atoms with Gasteiger partial charge in [0, 0.05) is 31.5 Å². The Morgan fingerprint density at radius 2 is 2.24 bits per heavy atom. The highest BCUT2D eigenvalue weighted by molar-refractivity contribution is 4.93. The van der Waals surface area contributed by atoms with Gasteiger partial charge < -0.3 is 9.67 Å². The molecule has 0 amide bonds. The molecule has 1 heterocycles. The molecular formula is C13H23N3O. The third kappa shape index (κ3) is 3.07. The van der Waals surface area contributed by atoms with Crippen LogP contribution in [0.1, 0.15) is 38.4 Å². The number of aryl methyl sites for hydroxylation is 1. The van der Waals surface area contributed by atoms with E-state index in [9.17, 15) is 5.11 Å². The van der Waals surface area contributed by atoms with E-state index in [1.807, 2.05) is 12.4 Å². The summed E-state index contributed by atoms with van der Waals surface area (Å²) in [4.78, 5) is 6.81. The molecule has 0 radical (unpaired) electrons. The van der Waals surface area contributed by atoms with Gasteiger partial charge in [0.2, 0.25) is 0 Å². The summed E-state index contributed by atoms with van der Waals surface area (Å²) >= 11 is 0. The normalized spacial score (nSPS) is 17.1. The number of aliphatic hydroxyl groups excluding tert-OH is 1. The summed E-state index contributed by atoms with van der Waals surface area (Å²) in [5, 5.41) is 9.18. The lowest BCUT2D eigenvalue weighted by atomic mass is 10.2. The van der Waals surface area contributed by atoms with Crippen LogP contribution in [0, 0.1) is 0 Å². The molecule has 1 aliphatic rings. The topological polar surface area (TPSA) is 41.3 Å². The fourth-order valence-electron chi connectivity index (χ4n) is 2.75. The Hall–Kier alpha value is -0.870. The van der Waals surface area contributed by atoms with E-state index in [0.717, 1.165) is 25.5 Å². The van der Waals surface area contributed by atoms with E-state index in [4.69, 9.17) is 0 Å². The lowest BCUT2D eigenvalue weighted by Crippen LogP contribution is -2.36. The van der Waals surface area contributed by atoms with Crippen molar-refractivity contribution in [1.29, 1.82) is 0 Å². The van der Waals surface area contributed by atoms with E-state index in [1.54, 1.807) is 0 Å². The lowest BCUT2D eigenvalue weighted by molar-refractivity contribution is 0.140. The zero-order valence-electron chi connectivity index (χ0n) is 10.7. The maximum absolute atomic E-state index is 9.18. The molecule has 0 aliphatic heterocycles. The molecule has 1 aromatic heterocycles. The number of rotatable bonds is 6. The van der Waals surface area contributed by atoms with Crippen molar-refractivity contribution in [2.45, 2.75) is 51.7 Å². The number of hydrogen-bond acceptors (Lipinski definition) is 3. The highest BCUT2D eigenvalue weighted by atomic mass is 16.3. The molecule has 0 aromatic carbocycles. The Kier molecular flexibility index (Phi) is 4.57. The molecule has 0 unspecified atom stereocenters. The third-order valence-corrected chi connectivity index (χ3v) is 3.72. The largest absolute Gasteiger partial charge is 0.395 e. The number of hydrogen-bond donors (Lipinski definition) is 1. The van der Waals surface area contributed by atoms with Crippen molar-refractivity contribution < 1.29 is 5.11 Å². The molecule has 0 spiro atoms. The van der Waals surface area contributed by atoms with Gasteiger partial charge >= 0.3 is 0 Å². The second-order valence-electron chi connectivity index (χ2n) is 4.76. The summed E-state index contributed by atoms with van der Waals surface area (Å²) in [6, 6.07) is 0.643. The van der Waals surface area contributed by atoms with E-state index in [0.29, 0.717) is 6.04 Å². The van der Waals surface area contributed by atoms with Crippen LogP contribution in [-0.4, -0.2) is 38.8 Å². The van der Waals surface area contributed by atoms with Crippen molar-refractivity contribution in [3.63, 3.8) is 0 Å². The van der Waals surface area contributed by atoms with Gasteiger partial charge in [0.1, 0.15) is 5.82 Å². The minimum Gasteiger partial charge on any atom is -0.395 e. The lowest BCUT2D eigenvalue weighted by Gasteiger charge is -2.27. The maximum atomic E-state index is 9.18. The van der Waals surface area contributed by atoms with E-state index < -0.39 is 0 Å². The van der Waals surface area contributed by atoms with Crippen LogP contribution in [0.5, 0.6) is 0 Å². The first-order valence-electron chi connectivity index (χ1n) is 6.70. The van der Waals surface area contributed by atoms with Crippen LogP contribution in [0.25, 0.3) is 0 Å². The molecule has 96 valence electrons. The highest BCUT2D eigenvalue weighted by Crippen LogP contribution is 2.24. The van der Waals surface area contributed by atoms with Gasteiger partial charge in [-0.1, -0.05) is 12.8 Å². The Labute approximate surface area is 103 Å². The number of aliphatic hydroxyl groups is 1. The van der Waals surface area contributed by atoms with Gasteiger partial charge in [-0.05, 0) is 19.8 Å². The van der Waals surface area contributed by atoms with E-state index in [-0.39, 0.29) is 6.61 Å². The van der Waals surface area contributed by atoms with Gasteiger partial charge in [-0.2, -0.15) is 0 Å². The molecule has 1 N–H and O–H groups in total. The van der Waals surface area contributed by atoms with E-state index in [1.165, 1.54) is 25.7 Å². The zero-order valence-corrected chi connectivity index (χ0v) is 10.7. The quantitative estimate of drug-likeness (QED) is 0.818. The summed E-state index contributed by atoms with van der Waals surface area (Å²) in [5.74, 6) is 1.12. The van der Waals surface area contributed by atoms with Crippen LogP contribution < -0.4 is 0 Å². The van der Waals surface area contributed by atoms with Gasteiger partial charge in [-0.15, -0.1) is 0 Å². The van der Waals surface area contributed by atoms with Gasteiger partial charge in [-0.3, -0.25) is 4.90 Å². The van der Waals surface area contributed by atoms with Crippen LogP contribution in [-0.2, 0) is 13.1 Å². The number of imidazole rings is 1. The van der Waals surface area contributed by atoms with Crippen molar-refractivity contribution in [3.05, 3.63) is 18.2 Å². The van der Waals surface area contributed by atoms with Gasteiger partial charge in [-0.25, -0.2) is 4.98 Å². The molecule has 1 fully saturated rings. The van der Waals surface area contributed by atoms with Crippen molar-refractivity contribution >= 4 is 0 Å². The smallest absolute Gasteiger partial charge is 0.122 e. The fourth-order valence-corrected chi connectivity index (χ4v) is 2.75. The molecule has 1 saturated carbocycles. The SMILES string of the molecule is CCn1ccnc1CN(CCO)C1CCCC1. The van der Waals surface area contributed by atoms with Crippen LogP contribution in [0.15, 0.2) is 12.4 Å². The standard InChI is InChI=1S/C13H23N3O/c1-2-15-8-7-14-13(15)11-16(9-10-17)12-5-3-4-6-12/h7-8,12,17H,2-6,9-11H2,1H3. The summed E-state index contributed by atoms with van der Waals surface area (Å²) in [5.41, 5.74) is 0. The second kappa shape index (κ2) is 6.17. The Morgan fingerprint density at radius 3 is 2.88 bits per heavy atom. The van der Waals surface area contributed by atoms with Crippen molar-refractivity contribution in [1.82, 2.24) is 14.5 Å². The molecule has 0 atom stereocenters. The van der Waals surface area contributed by atoms with Gasteiger partial charge in [0.05, 0.1) is 13.2 Å². The monoisotopic (exact) mass is 237 g/mol. The molecule has 1 aromatic rings. The molecule has 4 nitrogen and oxygen atoms in total. The predicted octanol–water partition coefficient (Wildman–Crippen LogP) is 1.64. The number of aromatic nitrogens is 2. The second-order valence-corrected chi connectivity index (χ2v) is 4.76. The summed E-state index contributed by atoms with van der Waals surface area (Å²) in [7, 11) is 0. The van der Waals surface area contributed by atoms with Gasteiger partial charge in [0.25, 0.3) is 0 Å². The molecule has 0 bridgehead atoms. The first-order chi connectivity index (χ1) is 8.35. The van der Waals surface area contributed by atoms with Gasteiger partial charge in [0.15, 0.2) is 0 Å². The van der Waals surface area contributed by atoms with E-state index in [2.05, 4.69) is 21.4 Å². The maximum Gasteiger partial charge on any atom is 0.122 e. The fraction of sp³-hybridized carbons (Fsp3) is 0.769. The minimum atomic E-state index is 0.239. The number of nitrogens with zero attached hydrogens (tertiary/aromatic N) is 3. The predicted molar refractivity (Wildman–Crippen MR) is 67.7 cm³/mol. The first kappa shape index (κ1) is 12.6. The summed E-state index contributed by atoms with van der Waals surface area (Å²) in [6.07, 6.45) is 9.09. The van der Waals surface area contributed by atoms with Crippen LogP contribution >= 0.6 is 0 Å². The van der Waals surface area contributed by atoms with Crippen molar-refractivity contribution in [3.8, 4) is 0 Å². The van der Waals surface area contributed by atoms with Crippen molar-refractivity contribution in [2.24, 2.45) is 0 Å².